The topological polar surface area (TPSA) is 27.3 Å². The molecule has 0 aromatic rings. The Bertz CT molecular complexity index is 219. The Hall–Kier alpha value is -0.960. The summed E-state index contributed by atoms with van der Waals surface area (Å²) < 4.78 is 0. The first kappa shape index (κ1) is 11.1. The second-order valence-corrected chi connectivity index (χ2v) is 3.43. The zero-order valence-electron chi connectivity index (χ0n) is 9.27. The molecule has 2 fully saturated rings. The van der Waals surface area contributed by atoms with E-state index < -0.39 is 0 Å². The molecular formula is C11H21N3. The van der Waals surface area contributed by atoms with Crippen LogP contribution in [-0.4, -0.2) is 30.6 Å². The molecule has 0 radical (unpaired) electrons. The first-order valence-electron chi connectivity index (χ1n) is 5.38. The predicted octanol–water partition coefficient (Wildman–Crippen LogP) is 1.26. The molecule has 2 rings (SSSR count). The third-order valence-electron chi connectivity index (χ3n) is 2.52. The van der Waals surface area contributed by atoms with Crippen LogP contribution in [0, 0.1) is 0 Å². The van der Waals surface area contributed by atoms with Gasteiger partial charge in [-0.25, -0.2) is 0 Å². The fourth-order valence-electron chi connectivity index (χ4n) is 1.63. The van der Waals surface area contributed by atoms with Gasteiger partial charge in [0, 0.05) is 31.8 Å². The van der Waals surface area contributed by atoms with Crippen molar-refractivity contribution >= 4 is 0 Å². The van der Waals surface area contributed by atoms with Gasteiger partial charge in [-0.05, 0) is 0 Å². The van der Waals surface area contributed by atoms with Gasteiger partial charge < -0.3 is 15.5 Å². The highest BCUT2D eigenvalue weighted by atomic mass is 15.3. The molecule has 3 heteroatoms. The summed E-state index contributed by atoms with van der Waals surface area (Å²) in [4.78, 5) is 2.32. The Morgan fingerprint density at radius 1 is 1.29 bits per heavy atom. The fourth-order valence-corrected chi connectivity index (χ4v) is 1.63. The van der Waals surface area contributed by atoms with Crippen LogP contribution in [0.15, 0.2) is 24.7 Å². The molecule has 3 nitrogen and oxygen atoms in total. The monoisotopic (exact) mass is 195 g/mol. The lowest BCUT2D eigenvalue weighted by Gasteiger charge is -2.43. The van der Waals surface area contributed by atoms with Crippen molar-refractivity contribution in [2.45, 2.75) is 26.3 Å². The van der Waals surface area contributed by atoms with Crippen molar-refractivity contribution in [3.05, 3.63) is 24.7 Å². The van der Waals surface area contributed by atoms with Gasteiger partial charge in [-0.2, -0.15) is 0 Å². The van der Waals surface area contributed by atoms with Crippen molar-refractivity contribution in [2.75, 3.05) is 19.6 Å². The minimum atomic E-state index is 0.651. The maximum absolute atomic E-state index is 3.98. The number of nitrogens with zero attached hydrogens (tertiary/aromatic N) is 1. The van der Waals surface area contributed by atoms with Gasteiger partial charge in [-0.1, -0.05) is 27.0 Å². The van der Waals surface area contributed by atoms with Crippen molar-refractivity contribution < 1.29 is 0 Å². The van der Waals surface area contributed by atoms with Crippen molar-refractivity contribution in [3.63, 3.8) is 0 Å². The predicted molar refractivity (Wildman–Crippen MR) is 60.7 cm³/mol. The molecule has 0 atom stereocenters. The summed E-state index contributed by atoms with van der Waals surface area (Å²) in [5.74, 6) is 1.01. The Morgan fingerprint density at radius 2 is 1.93 bits per heavy atom. The summed E-state index contributed by atoms with van der Waals surface area (Å²) in [5.41, 5.74) is 1.09. The lowest BCUT2D eigenvalue weighted by molar-refractivity contribution is 0.169. The van der Waals surface area contributed by atoms with Crippen LogP contribution in [0.5, 0.6) is 0 Å². The molecule has 0 saturated carbocycles. The summed E-state index contributed by atoms with van der Waals surface area (Å²) in [6.07, 6.45) is 1.04. The molecule has 2 aliphatic heterocycles. The highest BCUT2D eigenvalue weighted by Gasteiger charge is 2.27. The van der Waals surface area contributed by atoms with E-state index in [4.69, 9.17) is 0 Å². The quantitative estimate of drug-likeness (QED) is 0.659. The minimum absolute atomic E-state index is 0.651. The van der Waals surface area contributed by atoms with Gasteiger partial charge in [0.2, 0.25) is 0 Å². The van der Waals surface area contributed by atoms with Crippen LogP contribution >= 0.6 is 0 Å². The van der Waals surface area contributed by atoms with E-state index in [2.05, 4.69) is 28.7 Å². The third-order valence-corrected chi connectivity index (χ3v) is 2.52. The lowest BCUT2D eigenvalue weighted by atomic mass is 10.1. The summed E-state index contributed by atoms with van der Waals surface area (Å²) in [7, 11) is 0. The van der Waals surface area contributed by atoms with Crippen molar-refractivity contribution in [3.8, 4) is 0 Å². The van der Waals surface area contributed by atoms with E-state index >= 15 is 0 Å². The van der Waals surface area contributed by atoms with E-state index in [-0.39, 0.29) is 0 Å². The molecule has 0 amide bonds. The van der Waals surface area contributed by atoms with Crippen LogP contribution in [0.25, 0.3) is 0 Å². The molecule has 0 aliphatic carbocycles. The summed E-state index contributed by atoms with van der Waals surface area (Å²) >= 11 is 0. The second kappa shape index (κ2) is 5.05. The minimum Gasteiger partial charge on any atom is -0.353 e. The van der Waals surface area contributed by atoms with E-state index in [1.165, 1.54) is 0 Å². The van der Waals surface area contributed by atoms with Crippen molar-refractivity contribution in [1.29, 1.82) is 0 Å². The molecule has 0 unspecified atom stereocenters. The van der Waals surface area contributed by atoms with Crippen molar-refractivity contribution in [1.82, 2.24) is 15.5 Å². The second-order valence-electron chi connectivity index (χ2n) is 3.43. The molecule has 0 spiro atoms. The largest absolute Gasteiger partial charge is 0.353 e. The molecule has 14 heavy (non-hydrogen) atoms. The van der Waals surface area contributed by atoms with Crippen LogP contribution in [0.1, 0.15) is 20.3 Å². The van der Waals surface area contributed by atoms with Crippen LogP contribution in [0.4, 0.5) is 0 Å². The molecule has 0 aromatic heterocycles. The van der Waals surface area contributed by atoms with E-state index in [9.17, 15) is 0 Å². The molecule has 2 aliphatic rings. The van der Waals surface area contributed by atoms with Gasteiger partial charge in [-0.15, -0.1) is 0 Å². The highest BCUT2D eigenvalue weighted by Crippen LogP contribution is 2.17. The molecule has 2 saturated heterocycles. The van der Waals surface area contributed by atoms with E-state index in [1.54, 1.807) is 0 Å². The van der Waals surface area contributed by atoms with E-state index in [0.717, 1.165) is 37.6 Å². The van der Waals surface area contributed by atoms with Crippen LogP contribution in [0.3, 0.4) is 0 Å². The number of hydrogen-bond donors (Lipinski definition) is 2. The van der Waals surface area contributed by atoms with Crippen LogP contribution in [0.2, 0.25) is 0 Å². The first-order valence-corrected chi connectivity index (χ1v) is 5.38. The Balaban J connectivity index is 0.000000461. The average molecular weight is 195 g/mol. The SMILES string of the molecule is C=C1CCN(C2CNC2)C(=C)N1.CC. The van der Waals surface area contributed by atoms with Crippen LogP contribution < -0.4 is 10.6 Å². The van der Waals surface area contributed by atoms with E-state index in [0.29, 0.717) is 6.04 Å². The fraction of sp³-hybridized carbons (Fsp3) is 0.636. The molecule has 2 heterocycles. The lowest BCUT2D eigenvalue weighted by Crippen LogP contribution is -2.59. The summed E-state index contributed by atoms with van der Waals surface area (Å²) in [6.45, 7) is 15.1. The summed E-state index contributed by atoms with van der Waals surface area (Å²) in [5, 5.41) is 6.44. The van der Waals surface area contributed by atoms with Gasteiger partial charge in [-0.3, -0.25) is 0 Å². The number of nitrogens with one attached hydrogen (secondary N) is 2. The Labute approximate surface area is 86.9 Å². The third kappa shape index (κ3) is 2.29. The maximum atomic E-state index is 3.98. The molecule has 0 bridgehead atoms. The Morgan fingerprint density at radius 3 is 2.36 bits per heavy atom. The maximum Gasteiger partial charge on any atom is 0.0984 e. The zero-order chi connectivity index (χ0) is 10.6. The smallest absolute Gasteiger partial charge is 0.0984 e. The highest BCUT2D eigenvalue weighted by molar-refractivity contribution is 5.12. The summed E-state index contributed by atoms with van der Waals surface area (Å²) in [6, 6.07) is 0.651. The molecule has 0 aromatic carbocycles. The standard InChI is InChI=1S/C9H15N3.C2H6/c1-7-3-4-12(8(2)11-7)9-5-10-6-9;1-2/h9-11H,1-6H2;1-2H3. The van der Waals surface area contributed by atoms with Crippen LogP contribution in [-0.2, 0) is 0 Å². The number of hydrogen-bond acceptors (Lipinski definition) is 3. The number of rotatable bonds is 1. The van der Waals surface area contributed by atoms with Gasteiger partial charge in [0.25, 0.3) is 0 Å². The van der Waals surface area contributed by atoms with E-state index in [1.807, 2.05) is 13.8 Å². The molecular weight excluding hydrogens is 174 g/mol. The van der Waals surface area contributed by atoms with Crippen molar-refractivity contribution in [2.24, 2.45) is 0 Å². The van der Waals surface area contributed by atoms with Gasteiger partial charge >= 0.3 is 0 Å². The van der Waals surface area contributed by atoms with Gasteiger partial charge in [0.15, 0.2) is 0 Å². The first-order chi connectivity index (χ1) is 6.77. The average Bonchev–Trinajstić information content (AvgIpc) is 2.10. The van der Waals surface area contributed by atoms with Gasteiger partial charge in [0.1, 0.15) is 0 Å². The zero-order valence-corrected chi connectivity index (χ0v) is 9.27. The molecule has 2 N–H and O–H groups in total. The normalized spacial score (nSPS) is 22.0. The Kier molecular flexibility index (Phi) is 4.01. The molecule has 80 valence electrons. The van der Waals surface area contributed by atoms with Gasteiger partial charge in [0.05, 0.1) is 11.9 Å².